The molecule has 35 heavy (non-hydrogen) atoms. The van der Waals surface area contributed by atoms with Crippen LogP contribution in [0.3, 0.4) is 0 Å². The number of methoxy groups -OCH3 is 1. The summed E-state index contributed by atoms with van der Waals surface area (Å²) in [7, 11) is 1.66. The molecule has 4 rings (SSSR count). The molecular weight excluding hydrogens is 440 g/mol. The fraction of sp³-hybridized carbons (Fsp3) is 0.500. The van der Waals surface area contributed by atoms with Crippen molar-refractivity contribution in [1.82, 2.24) is 0 Å². The van der Waals surface area contributed by atoms with Crippen LogP contribution in [-0.2, 0) is 25.6 Å². The second-order valence-electron chi connectivity index (χ2n) is 10.4. The Balaban J connectivity index is 1.61. The number of benzene rings is 2. The van der Waals surface area contributed by atoms with Gasteiger partial charge in [-0.05, 0) is 59.6 Å². The summed E-state index contributed by atoms with van der Waals surface area (Å²) in [5.41, 5.74) is 4.30. The lowest BCUT2D eigenvalue weighted by Gasteiger charge is -2.35. The van der Waals surface area contributed by atoms with Crippen LogP contribution in [-0.4, -0.2) is 25.3 Å². The normalized spacial score (nSPS) is 26.7. The molecule has 0 N–H and O–H groups in total. The van der Waals surface area contributed by atoms with Gasteiger partial charge in [-0.15, -0.1) is 0 Å². The number of hydrogen-bond acceptors (Lipinski definition) is 5. The van der Waals surface area contributed by atoms with E-state index in [-0.39, 0.29) is 42.2 Å². The molecular formula is C30H38O5. The van der Waals surface area contributed by atoms with Crippen LogP contribution < -0.4 is 4.74 Å². The van der Waals surface area contributed by atoms with Gasteiger partial charge < -0.3 is 18.9 Å². The van der Waals surface area contributed by atoms with Crippen LogP contribution in [0.25, 0.3) is 0 Å². The highest BCUT2D eigenvalue weighted by Crippen LogP contribution is 2.42. The minimum atomic E-state index is -0.420. The van der Waals surface area contributed by atoms with Crippen LogP contribution in [0.1, 0.15) is 69.9 Å². The highest BCUT2D eigenvalue weighted by atomic mass is 16.6. The number of fused-ring (bicyclic) bond motifs is 2. The Morgan fingerprint density at radius 1 is 0.943 bits per heavy atom. The standard InChI is InChI=1S/C30H38O5/c1-18(2)28-23-9-7-8-10-24(23)29(19(3)4)35-30(31)25-16-26(20(5)15-27(25)34-28)33-17-21-11-13-22(32-6)14-12-21/h7-15,18-19,25-29H,16-17H2,1-6H3/t25-,26+,27-,28+,29+/m1/s1. The molecule has 0 radical (unpaired) electrons. The molecule has 0 fully saturated rings. The number of hydrogen-bond donors (Lipinski definition) is 0. The smallest absolute Gasteiger partial charge is 0.312 e. The zero-order valence-corrected chi connectivity index (χ0v) is 21.7. The molecule has 0 saturated heterocycles. The summed E-state index contributed by atoms with van der Waals surface area (Å²) in [5, 5.41) is 0. The molecule has 0 unspecified atom stereocenters. The minimum absolute atomic E-state index is 0.129. The van der Waals surface area contributed by atoms with Gasteiger partial charge in [-0.25, -0.2) is 0 Å². The monoisotopic (exact) mass is 478 g/mol. The zero-order chi connectivity index (χ0) is 25.1. The maximum atomic E-state index is 13.6. The van der Waals surface area contributed by atoms with E-state index in [0.717, 1.165) is 28.0 Å². The van der Waals surface area contributed by atoms with Gasteiger partial charge in [0.15, 0.2) is 0 Å². The Labute approximate surface area is 209 Å². The van der Waals surface area contributed by atoms with Crippen molar-refractivity contribution in [3.8, 4) is 5.75 Å². The van der Waals surface area contributed by atoms with E-state index in [9.17, 15) is 4.79 Å². The molecule has 0 spiro atoms. The lowest BCUT2D eigenvalue weighted by molar-refractivity contribution is -0.165. The van der Waals surface area contributed by atoms with E-state index < -0.39 is 5.92 Å². The molecule has 2 aliphatic rings. The van der Waals surface area contributed by atoms with E-state index in [1.54, 1.807) is 7.11 Å². The number of carbonyl (C=O) groups is 1. The number of esters is 1. The Bertz CT molecular complexity index is 1040. The number of carbonyl (C=O) groups excluding carboxylic acids is 1. The summed E-state index contributed by atoms with van der Waals surface area (Å²) in [4.78, 5) is 13.6. The van der Waals surface area contributed by atoms with Crippen LogP contribution in [0.15, 0.2) is 60.2 Å². The maximum Gasteiger partial charge on any atom is 0.312 e. The fourth-order valence-corrected chi connectivity index (χ4v) is 5.07. The second-order valence-corrected chi connectivity index (χ2v) is 10.4. The van der Waals surface area contributed by atoms with Gasteiger partial charge in [-0.2, -0.15) is 0 Å². The molecule has 1 aliphatic heterocycles. The summed E-state index contributed by atoms with van der Waals surface area (Å²) in [6, 6.07) is 16.1. The molecule has 1 heterocycles. The van der Waals surface area contributed by atoms with Crippen LogP contribution in [0.4, 0.5) is 0 Å². The van der Waals surface area contributed by atoms with Gasteiger partial charge in [0.05, 0.1) is 37.9 Å². The summed E-state index contributed by atoms with van der Waals surface area (Å²) < 4.78 is 24.5. The topological polar surface area (TPSA) is 54.0 Å². The SMILES string of the molecule is COc1ccc(CO[C@H]2C[C@H]3C(=O)O[C@@H](C(C)C)c4ccccc4[C@H](C(C)C)O[C@@H]3C=C2C)cc1. The average molecular weight is 479 g/mol. The molecule has 0 bridgehead atoms. The van der Waals surface area contributed by atoms with Crippen LogP contribution in [0.2, 0.25) is 0 Å². The largest absolute Gasteiger partial charge is 0.497 e. The second kappa shape index (κ2) is 11.0. The van der Waals surface area contributed by atoms with Crippen molar-refractivity contribution in [2.24, 2.45) is 17.8 Å². The molecule has 2 aromatic carbocycles. The molecule has 0 saturated carbocycles. The van der Waals surface area contributed by atoms with Crippen LogP contribution in [0.5, 0.6) is 5.75 Å². The van der Waals surface area contributed by atoms with Crippen molar-refractivity contribution in [1.29, 1.82) is 0 Å². The molecule has 5 heteroatoms. The van der Waals surface area contributed by atoms with E-state index in [4.69, 9.17) is 18.9 Å². The van der Waals surface area contributed by atoms with Crippen molar-refractivity contribution in [3.63, 3.8) is 0 Å². The van der Waals surface area contributed by atoms with Gasteiger partial charge in [0.25, 0.3) is 0 Å². The van der Waals surface area contributed by atoms with Crippen molar-refractivity contribution < 1.29 is 23.7 Å². The first-order valence-corrected chi connectivity index (χ1v) is 12.7. The Morgan fingerprint density at radius 2 is 1.57 bits per heavy atom. The van der Waals surface area contributed by atoms with Crippen LogP contribution >= 0.6 is 0 Å². The molecule has 2 aromatic rings. The number of rotatable bonds is 6. The van der Waals surface area contributed by atoms with Gasteiger partial charge in [-0.3, -0.25) is 4.79 Å². The van der Waals surface area contributed by atoms with E-state index in [0.29, 0.717) is 13.0 Å². The number of cyclic esters (lactones) is 1. The molecule has 188 valence electrons. The van der Waals surface area contributed by atoms with E-state index in [1.165, 1.54) is 0 Å². The first kappa shape index (κ1) is 25.5. The van der Waals surface area contributed by atoms with E-state index in [2.05, 4.69) is 52.8 Å². The quantitative estimate of drug-likeness (QED) is 0.347. The molecule has 5 atom stereocenters. The predicted octanol–water partition coefficient (Wildman–Crippen LogP) is 6.58. The summed E-state index contributed by atoms with van der Waals surface area (Å²) >= 11 is 0. The van der Waals surface area contributed by atoms with Crippen LogP contribution in [0, 0.1) is 17.8 Å². The summed E-state index contributed by atoms with van der Waals surface area (Å²) in [6.45, 7) is 11.1. The van der Waals surface area contributed by atoms with Crippen molar-refractivity contribution in [2.45, 2.75) is 72.1 Å². The molecule has 0 aromatic heterocycles. The van der Waals surface area contributed by atoms with Crippen molar-refractivity contribution in [3.05, 3.63) is 76.9 Å². The summed E-state index contributed by atoms with van der Waals surface area (Å²) in [5.74, 6) is 0.574. The number of ether oxygens (including phenoxy) is 4. The Hall–Kier alpha value is -2.63. The fourth-order valence-electron chi connectivity index (χ4n) is 5.07. The first-order chi connectivity index (χ1) is 16.8. The average Bonchev–Trinajstić information content (AvgIpc) is 2.89. The Kier molecular flexibility index (Phi) is 7.98. The van der Waals surface area contributed by atoms with E-state index in [1.807, 2.05) is 36.4 Å². The van der Waals surface area contributed by atoms with Gasteiger partial charge >= 0.3 is 5.97 Å². The summed E-state index contributed by atoms with van der Waals surface area (Å²) in [6.07, 6.45) is 1.64. The first-order valence-electron chi connectivity index (χ1n) is 12.7. The Morgan fingerprint density at radius 3 is 2.17 bits per heavy atom. The highest BCUT2D eigenvalue weighted by molar-refractivity contribution is 5.74. The predicted molar refractivity (Wildman–Crippen MR) is 136 cm³/mol. The van der Waals surface area contributed by atoms with Gasteiger partial charge in [0.1, 0.15) is 11.9 Å². The minimum Gasteiger partial charge on any atom is -0.497 e. The molecule has 0 amide bonds. The van der Waals surface area contributed by atoms with Gasteiger partial charge in [0.2, 0.25) is 0 Å². The van der Waals surface area contributed by atoms with Crippen molar-refractivity contribution >= 4 is 5.97 Å². The lowest BCUT2D eigenvalue weighted by atomic mass is 9.85. The zero-order valence-electron chi connectivity index (χ0n) is 21.7. The third kappa shape index (κ3) is 5.62. The maximum absolute atomic E-state index is 13.6. The lowest BCUT2D eigenvalue weighted by Crippen LogP contribution is -2.39. The highest BCUT2D eigenvalue weighted by Gasteiger charge is 2.42. The van der Waals surface area contributed by atoms with E-state index >= 15 is 0 Å². The third-order valence-corrected chi connectivity index (χ3v) is 7.08. The third-order valence-electron chi connectivity index (χ3n) is 7.08. The van der Waals surface area contributed by atoms with Crippen molar-refractivity contribution in [2.75, 3.05) is 7.11 Å². The van der Waals surface area contributed by atoms with Gasteiger partial charge in [-0.1, -0.05) is 70.2 Å². The molecule has 5 nitrogen and oxygen atoms in total. The van der Waals surface area contributed by atoms with Gasteiger partial charge in [0, 0.05) is 0 Å². The molecule has 1 aliphatic carbocycles.